The highest BCUT2D eigenvalue weighted by Gasteiger charge is 2.39. The standard InChI is InChI=1S/C23H39N5/c1-4-24-22(25-18-21-11-7-6-10-20(21)2)26-19-23(12-16-27(3)17-13-23)28-14-8-5-9-15-28/h6-7,10-11H,4-5,8-9,12-19H2,1-3H3,(H2,24,25,26). The maximum Gasteiger partial charge on any atom is 0.191 e. The van der Waals surface area contributed by atoms with Crippen molar-refractivity contribution in [1.29, 1.82) is 0 Å². The van der Waals surface area contributed by atoms with E-state index in [0.717, 1.165) is 25.6 Å². The number of nitrogens with one attached hydrogen (secondary N) is 2. The Morgan fingerprint density at radius 2 is 1.75 bits per heavy atom. The summed E-state index contributed by atoms with van der Waals surface area (Å²) in [4.78, 5) is 10.1. The van der Waals surface area contributed by atoms with Crippen LogP contribution in [0.2, 0.25) is 0 Å². The lowest BCUT2D eigenvalue weighted by Crippen LogP contribution is -2.62. The molecule has 3 rings (SSSR count). The lowest BCUT2D eigenvalue weighted by atomic mass is 9.84. The van der Waals surface area contributed by atoms with E-state index in [1.54, 1.807) is 0 Å². The van der Waals surface area contributed by atoms with E-state index in [1.807, 2.05) is 0 Å². The van der Waals surface area contributed by atoms with Gasteiger partial charge in [0, 0.05) is 18.6 Å². The minimum Gasteiger partial charge on any atom is -0.357 e. The van der Waals surface area contributed by atoms with Crippen molar-refractivity contribution < 1.29 is 0 Å². The summed E-state index contributed by atoms with van der Waals surface area (Å²) in [5.41, 5.74) is 2.87. The lowest BCUT2D eigenvalue weighted by Gasteiger charge is -2.50. The zero-order valence-corrected chi connectivity index (χ0v) is 18.1. The number of aryl methyl sites for hydroxylation is 1. The molecule has 2 fully saturated rings. The molecule has 0 saturated carbocycles. The molecule has 0 amide bonds. The highest BCUT2D eigenvalue weighted by Crippen LogP contribution is 2.30. The largest absolute Gasteiger partial charge is 0.357 e. The van der Waals surface area contributed by atoms with Crippen LogP contribution in [0.1, 0.15) is 50.2 Å². The van der Waals surface area contributed by atoms with Crippen molar-refractivity contribution in [2.24, 2.45) is 4.99 Å². The molecule has 2 heterocycles. The first kappa shape index (κ1) is 21.1. The molecule has 0 aromatic heterocycles. The summed E-state index contributed by atoms with van der Waals surface area (Å²) < 4.78 is 0. The van der Waals surface area contributed by atoms with Gasteiger partial charge in [-0.1, -0.05) is 30.7 Å². The molecule has 5 heteroatoms. The third-order valence-corrected chi connectivity index (χ3v) is 6.54. The number of guanidine groups is 1. The number of likely N-dealkylation sites (tertiary alicyclic amines) is 2. The molecule has 1 aromatic rings. The number of piperidine rings is 2. The predicted molar refractivity (Wildman–Crippen MR) is 119 cm³/mol. The van der Waals surface area contributed by atoms with Gasteiger partial charge in [0.05, 0.1) is 6.54 Å². The second kappa shape index (κ2) is 10.3. The van der Waals surface area contributed by atoms with E-state index in [4.69, 9.17) is 4.99 Å². The van der Waals surface area contributed by atoms with E-state index >= 15 is 0 Å². The van der Waals surface area contributed by atoms with Gasteiger partial charge >= 0.3 is 0 Å². The highest BCUT2D eigenvalue weighted by molar-refractivity contribution is 5.79. The van der Waals surface area contributed by atoms with Crippen LogP contribution in [-0.4, -0.2) is 67.6 Å². The summed E-state index contributed by atoms with van der Waals surface area (Å²) in [7, 11) is 2.25. The fourth-order valence-corrected chi connectivity index (χ4v) is 4.55. The van der Waals surface area contributed by atoms with Crippen molar-refractivity contribution in [3.05, 3.63) is 35.4 Å². The molecule has 2 N–H and O–H groups in total. The van der Waals surface area contributed by atoms with E-state index in [1.165, 1.54) is 69.4 Å². The third-order valence-electron chi connectivity index (χ3n) is 6.54. The monoisotopic (exact) mass is 385 g/mol. The molecule has 0 atom stereocenters. The quantitative estimate of drug-likeness (QED) is 0.584. The summed E-state index contributed by atoms with van der Waals surface area (Å²) in [6.07, 6.45) is 6.57. The first-order chi connectivity index (χ1) is 13.6. The van der Waals surface area contributed by atoms with Gasteiger partial charge < -0.3 is 15.5 Å². The van der Waals surface area contributed by atoms with Crippen LogP contribution in [0.25, 0.3) is 0 Å². The highest BCUT2D eigenvalue weighted by atomic mass is 15.3. The number of benzene rings is 1. The molecule has 0 aliphatic carbocycles. The Morgan fingerprint density at radius 3 is 2.43 bits per heavy atom. The molecule has 2 aliphatic heterocycles. The van der Waals surface area contributed by atoms with E-state index in [0.29, 0.717) is 0 Å². The Labute approximate surface area is 171 Å². The zero-order chi connectivity index (χ0) is 19.8. The van der Waals surface area contributed by atoms with E-state index in [9.17, 15) is 0 Å². The van der Waals surface area contributed by atoms with Gasteiger partial charge in [-0.2, -0.15) is 0 Å². The second-order valence-corrected chi connectivity index (χ2v) is 8.55. The Bertz CT molecular complexity index is 628. The lowest BCUT2D eigenvalue weighted by molar-refractivity contribution is 0.0173. The number of nitrogens with zero attached hydrogens (tertiary/aromatic N) is 3. The molecule has 1 aromatic carbocycles. The van der Waals surface area contributed by atoms with Crippen LogP contribution in [0, 0.1) is 6.92 Å². The van der Waals surface area contributed by atoms with Crippen LogP contribution in [0.3, 0.4) is 0 Å². The second-order valence-electron chi connectivity index (χ2n) is 8.55. The molecule has 2 saturated heterocycles. The maximum atomic E-state index is 4.89. The van der Waals surface area contributed by atoms with Gasteiger partial charge in [-0.3, -0.25) is 4.90 Å². The molecule has 0 unspecified atom stereocenters. The number of rotatable bonds is 6. The average molecular weight is 386 g/mol. The van der Waals surface area contributed by atoms with Gasteiger partial charge in [0.15, 0.2) is 5.96 Å². The van der Waals surface area contributed by atoms with Crippen molar-refractivity contribution in [2.45, 2.75) is 58.0 Å². The van der Waals surface area contributed by atoms with Crippen LogP contribution in [0.5, 0.6) is 0 Å². The van der Waals surface area contributed by atoms with Crippen LogP contribution >= 0.6 is 0 Å². The predicted octanol–water partition coefficient (Wildman–Crippen LogP) is 3.00. The number of hydrogen-bond donors (Lipinski definition) is 2. The maximum absolute atomic E-state index is 4.89. The molecule has 28 heavy (non-hydrogen) atoms. The molecular formula is C23H39N5. The summed E-state index contributed by atoms with van der Waals surface area (Å²) in [6, 6.07) is 8.53. The normalized spacial score (nSPS) is 21.5. The SMILES string of the molecule is CCNC(=NCc1ccccc1C)NCC1(N2CCCCC2)CCN(C)CC1. The van der Waals surface area contributed by atoms with Crippen molar-refractivity contribution in [1.82, 2.24) is 20.4 Å². The smallest absolute Gasteiger partial charge is 0.191 e. The van der Waals surface area contributed by atoms with Gasteiger partial charge in [0.1, 0.15) is 0 Å². The van der Waals surface area contributed by atoms with Gasteiger partial charge in [0.25, 0.3) is 0 Å². The number of aliphatic imine (C=N–C) groups is 1. The summed E-state index contributed by atoms with van der Waals surface area (Å²) >= 11 is 0. The summed E-state index contributed by atoms with van der Waals surface area (Å²) in [5.74, 6) is 0.945. The first-order valence-electron chi connectivity index (χ1n) is 11.1. The molecule has 156 valence electrons. The fourth-order valence-electron chi connectivity index (χ4n) is 4.55. The van der Waals surface area contributed by atoms with Crippen LogP contribution in [-0.2, 0) is 6.54 Å². The molecule has 2 aliphatic rings. The van der Waals surface area contributed by atoms with Crippen molar-refractivity contribution in [2.75, 3.05) is 46.3 Å². The average Bonchev–Trinajstić information content (AvgIpc) is 2.73. The van der Waals surface area contributed by atoms with Gasteiger partial charge in [-0.15, -0.1) is 0 Å². The topological polar surface area (TPSA) is 42.9 Å². The first-order valence-corrected chi connectivity index (χ1v) is 11.1. The molecule has 0 spiro atoms. The summed E-state index contributed by atoms with van der Waals surface area (Å²) in [6.45, 7) is 11.8. The van der Waals surface area contributed by atoms with Gasteiger partial charge in [0.2, 0.25) is 0 Å². The van der Waals surface area contributed by atoms with E-state index < -0.39 is 0 Å². The zero-order valence-electron chi connectivity index (χ0n) is 18.1. The van der Waals surface area contributed by atoms with Gasteiger partial charge in [-0.05, 0) is 83.9 Å². The number of hydrogen-bond acceptors (Lipinski definition) is 3. The molecular weight excluding hydrogens is 346 g/mol. The van der Waals surface area contributed by atoms with Crippen molar-refractivity contribution in [3.63, 3.8) is 0 Å². The van der Waals surface area contributed by atoms with Crippen LogP contribution < -0.4 is 10.6 Å². The Morgan fingerprint density at radius 1 is 1.04 bits per heavy atom. The molecule has 0 bridgehead atoms. The van der Waals surface area contributed by atoms with Crippen LogP contribution in [0.15, 0.2) is 29.3 Å². The van der Waals surface area contributed by atoms with E-state index in [-0.39, 0.29) is 5.54 Å². The Kier molecular flexibility index (Phi) is 7.74. The van der Waals surface area contributed by atoms with E-state index in [2.05, 4.69) is 65.6 Å². The van der Waals surface area contributed by atoms with Crippen LogP contribution in [0.4, 0.5) is 0 Å². The summed E-state index contributed by atoms with van der Waals surface area (Å²) in [5, 5.41) is 7.16. The molecule has 5 nitrogen and oxygen atoms in total. The fraction of sp³-hybridized carbons (Fsp3) is 0.696. The Balaban J connectivity index is 1.68. The molecule has 0 radical (unpaired) electrons. The van der Waals surface area contributed by atoms with Crippen molar-refractivity contribution in [3.8, 4) is 0 Å². The Hall–Kier alpha value is -1.59. The third kappa shape index (κ3) is 5.48. The van der Waals surface area contributed by atoms with Crippen molar-refractivity contribution >= 4 is 5.96 Å². The minimum absolute atomic E-state index is 0.270. The minimum atomic E-state index is 0.270. The van der Waals surface area contributed by atoms with Gasteiger partial charge in [-0.25, -0.2) is 4.99 Å².